The predicted molar refractivity (Wildman–Crippen MR) is 63.9 cm³/mol. The minimum Gasteiger partial charge on any atom is -0.202 e. The molecule has 0 amide bonds. The lowest BCUT2D eigenvalue weighted by Gasteiger charge is -2.15. The van der Waals surface area contributed by atoms with Crippen LogP contribution >= 0.6 is 0 Å². The SMILES string of the molecule is CC(C)=C(F)C(F)(F)OS(=O)(=O)c1ccc(C)cc1. The fraction of sp³-hybridized carbons (Fsp3) is 0.333. The maximum absolute atomic E-state index is 13.3. The molecule has 0 saturated carbocycles. The van der Waals surface area contributed by atoms with Gasteiger partial charge in [0, 0.05) is 0 Å². The number of benzene rings is 1. The molecule has 3 nitrogen and oxygen atoms in total. The molecule has 1 aromatic rings. The maximum atomic E-state index is 13.3. The van der Waals surface area contributed by atoms with Crippen LogP contribution < -0.4 is 0 Å². The lowest BCUT2D eigenvalue weighted by Crippen LogP contribution is -2.26. The third kappa shape index (κ3) is 3.81. The Balaban J connectivity index is 3.11. The van der Waals surface area contributed by atoms with Crippen LogP contribution in [0.1, 0.15) is 19.4 Å². The number of rotatable bonds is 4. The van der Waals surface area contributed by atoms with E-state index < -0.39 is 26.9 Å². The van der Waals surface area contributed by atoms with Gasteiger partial charge in [-0.05, 0) is 38.5 Å². The van der Waals surface area contributed by atoms with Crippen molar-refractivity contribution in [3.05, 3.63) is 41.2 Å². The average molecular weight is 294 g/mol. The van der Waals surface area contributed by atoms with Crippen LogP contribution in [0.3, 0.4) is 0 Å². The highest BCUT2D eigenvalue weighted by Crippen LogP contribution is 2.32. The highest BCUT2D eigenvalue weighted by atomic mass is 32.2. The van der Waals surface area contributed by atoms with Gasteiger partial charge in [0.1, 0.15) is 0 Å². The third-order valence-corrected chi connectivity index (χ3v) is 3.50. The Morgan fingerprint density at radius 3 is 2.05 bits per heavy atom. The van der Waals surface area contributed by atoms with Crippen molar-refractivity contribution in [2.75, 3.05) is 0 Å². The van der Waals surface area contributed by atoms with Gasteiger partial charge < -0.3 is 0 Å². The van der Waals surface area contributed by atoms with Crippen LogP contribution in [0.4, 0.5) is 13.2 Å². The van der Waals surface area contributed by atoms with Gasteiger partial charge in [0.05, 0.1) is 4.90 Å². The highest BCUT2D eigenvalue weighted by molar-refractivity contribution is 7.86. The molecule has 7 heteroatoms. The van der Waals surface area contributed by atoms with Crippen molar-refractivity contribution >= 4 is 10.1 Å². The van der Waals surface area contributed by atoms with Crippen LogP contribution in [-0.2, 0) is 14.3 Å². The lowest BCUT2D eigenvalue weighted by molar-refractivity contribution is -0.153. The Morgan fingerprint density at radius 1 is 1.16 bits per heavy atom. The quantitative estimate of drug-likeness (QED) is 0.797. The van der Waals surface area contributed by atoms with E-state index in [1.54, 1.807) is 6.92 Å². The molecule has 0 saturated heterocycles. The Bertz CT molecular complexity index is 585. The summed E-state index contributed by atoms with van der Waals surface area (Å²) < 4.78 is 66.6. The van der Waals surface area contributed by atoms with E-state index >= 15 is 0 Å². The van der Waals surface area contributed by atoms with Crippen molar-refractivity contribution in [3.8, 4) is 0 Å². The van der Waals surface area contributed by atoms with Gasteiger partial charge >= 0.3 is 16.2 Å². The monoisotopic (exact) mass is 294 g/mol. The van der Waals surface area contributed by atoms with Gasteiger partial charge in [-0.1, -0.05) is 17.7 Å². The van der Waals surface area contributed by atoms with Gasteiger partial charge in [0.25, 0.3) is 0 Å². The molecular weight excluding hydrogens is 281 g/mol. The van der Waals surface area contributed by atoms with Crippen LogP contribution in [0.5, 0.6) is 0 Å². The zero-order valence-corrected chi connectivity index (χ0v) is 11.4. The number of aryl methyl sites for hydroxylation is 1. The van der Waals surface area contributed by atoms with Crippen molar-refractivity contribution in [2.24, 2.45) is 0 Å². The lowest BCUT2D eigenvalue weighted by atomic mass is 10.2. The molecule has 0 heterocycles. The van der Waals surface area contributed by atoms with E-state index in [1.807, 2.05) is 0 Å². The minimum atomic E-state index is -4.74. The fourth-order valence-corrected chi connectivity index (χ4v) is 2.13. The van der Waals surface area contributed by atoms with Gasteiger partial charge in [0.2, 0.25) is 0 Å². The van der Waals surface area contributed by atoms with Crippen LogP contribution in [0.15, 0.2) is 40.6 Å². The fourth-order valence-electron chi connectivity index (χ4n) is 1.22. The summed E-state index contributed by atoms with van der Waals surface area (Å²) in [5.41, 5.74) is 0.394. The largest absolute Gasteiger partial charge is 0.423 e. The molecular formula is C12H13F3O3S. The van der Waals surface area contributed by atoms with Crippen LogP contribution in [-0.4, -0.2) is 14.5 Å². The van der Waals surface area contributed by atoms with E-state index in [0.717, 1.165) is 31.5 Å². The summed E-state index contributed by atoms with van der Waals surface area (Å²) in [4.78, 5) is -0.459. The smallest absolute Gasteiger partial charge is 0.202 e. The molecule has 0 unspecified atom stereocenters. The second kappa shape index (κ2) is 5.34. The van der Waals surface area contributed by atoms with E-state index in [4.69, 9.17) is 0 Å². The van der Waals surface area contributed by atoms with Gasteiger partial charge in [0.15, 0.2) is 5.83 Å². The molecule has 0 atom stereocenters. The molecule has 0 radical (unpaired) electrons. The zero-order chi connectivity index (χ0) is 14.8. The molecule has 0 fully saturated rings. The van der Waals surface area contributed by atoms with Crippen molar-refractivity contribution in [3.63, 3.8) is 0 Å². The first kappa shape index (κ1) is 15.7. The third-order valence-electron chi connectivity index (χ3n) is 2.22. The maximum Gasteiger partial charge on any atom is 0.423 e. The van der Waals surface area contributed by atoms with Crippen LogP contribution in [0, 0.1) is 6.92 Å². The number of allylic oxidation sites excluding steroid dienone is 1. The topological polar surface area (TPSA) is 43.4 Å². The molecule has 19 heavy (non-hydrogen) atoms. The molecule has 0 N–H and O–H groups in total. The van der Waals surface area contributed by atoms with Gasteiger partial charge in [-0.2, -0.15) is 21.4 Å². The summed E-state index contributed by atoms with van der Waals surface area (Å²) in [5.74, 6) is -1.91. The van der Waals surface area contributed by atoms with Crippen molar-refractivity contribution in [1.29, 1.82) is 0 Å². The summed E-state index contributed by atoms with van der Waals surface area (Å²) in [7, 11) is -4.74. The van der Waals surface area contributed by atoms with Gasteiger partial charge in [-0.15, -0.1) is 0 Å². The molecule has 0 bridgehead atoms. The molecule has 0 aliphatic heterocycles. The molecule has 0 aliphatic rings. The van der Waals surface area contributed by atoms with Crippen LogP contribution in [0.25, 0.3) is 0 Å². The summed E-state index contributed by atoms with van der Waals surface area (Å²) >= 11 is 0. The molecule has 106 valence electrons. The molecule has 1 rings (SSSR count). The zero-order valence-electron chi connectivity index (χ0n) is 10.6. The first-order valence-corrected chi connectivity index (χ1v) is 6.70. The van der Waals surface area contributed by atoms with E-state index in [2.05, 4.69) is 4.18 Å². The van der Waals surface area contributed by atoms with Crippen molar-refractivity contribution in [1.82, 2.24) is 0 Å². The highest BCUT2D eigenvalue weighted by Gasteiger charge is 2.43. The molecule has 1 aromatic carbocycles. The Labute approximate surface area is 109 Å². The summed E-state index contributed by atoms with van der Waals surface area (Å²) in [5, 5.41) is 0. The Kier molecular flexibility index (Phi) is 4.42. The number of halogens is 3. The van der Waals surface area contributed by atoms with E-state index in [1.165, 1.54) is 12.1 Å². The standard InChI is InChI=1S/C12H13F3O3S/c1-8(2)11(13)12(14,15)18-19(16,17)10-6-4-9(3)5-7-10/h4-7H,1-3H3. The molecule has 0 aromatic heterocycles. The second-order valence-electron chi connectivity index (χ2n) is 4.18. The summed E-state index contributed by atoms with van der Waals surface area (Å²) in [6.45, 7) is 3.88. The Hall–Kier alpha value is -1.34. The van der Waals surface area contributed by atoms with Crippen LogP contribution in [0.2, 0.25) is 0 Å². The Morgan fingerprint density at radius 2 is 1.63 bits per heavy atom. The summed E-state index contributed by atoms with van der Waals surface area (Å²) in [6.07, 6.45) is -4.51. The molecule has 0 aliphatic carbocycles. The minimum absolute atomic E-state index is 0.357. The van der Waals surface area contributed by atoms with Gasteiger partial charge in [-0.25, -0.2) is 4.39 Å². The predicted octanol–water partition coefficient (Wildman–Crippen LogP) is 3.56. The summed E-state index contributed by atoms with van der Waals surface area (Å²) in [6, 6.07) is 5.07. The first-order chi connectivity index (χ1) is 8.56. The number of hydrogen-bond acceptors (Lipinski definition) is 3. The van der Waals surface area contributed by atoms with E-state index in [-0.39, 0.29) is 5.57 Å². The van der Waals surface area contributed by atoms with E-state index in [9.17, 15) is 21.6 Å². The second-order valence-corrected chi connectivity index (χ2v) is 5.73. The van der Waals surface area contributed by atoms with Crippen molar-refractivity contribution < 1.29 is 25.8 Å². The average Bonchev–Trinajstić information content (AvgIpc) is 2.27. The number of hydrogen-bond donors (Lipinski definition) is 0. The van der Waals surface area contributed by atoms with E-state index in [0.29, 0.717) is 0 Å². The van der Waals surface area contributed by atoms with Crippen molar-refractivity contribution in [2.45, 2.75) is 31.8 Å². The number of alkyl halides is 2. The van der Waals surface area contributed by atoms with Gasteiger partial charge in [-0.3, -0.25) is 0 Å². The normalized spacial score (nSPS) is 12.3. The first-order valence-electron chi connectivity index (χ1n) is 5.30. The molecule has 0 spiro atoms.